The van der Waals surface area contributed by atoms with E-state index in [0.29, 0.717) is 11.0 Å². The van der Waals surface area contributed by atoms with Crippen molar-refractivity contribution in [2.45, 2.75) is 19.4 Å². The molecule has 2 atom stereocenters. The molecule has 0 aromatic rings. The Bertz CT molecular complexity index is 356. The lowest BCUT2D eigenvalue weighted by molar-refractivity contribution is -0.870. The van der Waals surface area contributed by atoms with Gasteiger partial charge in [0.25, 0.3) is 0 Å². The number of hydrogen-bond donors (Lipinski definition) is 1. The van der Waals surface area contributed by atoms with Gasteiger partial charge in [-0.2, -0.15) is 0 Å². The Hall–Kier alpha value is -0.500. The van der Waals surface area contributed by atoms with Crippen molar-refractivity contribution in [3.05, 3.63) is 0 Å². The number of likely N-dealkylation sites (N-methyl/N-ethyl adjacent to an activating group) is 1. The summed E-state index contributed by atoms with van der Waals surface area (Å²) >= 11 is 0. The zero-order valence-corrected chi connectivity index (χ0v) is 14.3. The molecule has 0 aliphatic heterocycles. The van der Waals surface area contributed by atoms with E-state index in [4.69, 9.17) is 18.5 Å². The molecule has 0 bridgehead atoms. The standard InChI is InChI=1S/C12H26NO7P/c1-6-12(14)20-11(9-17-5)10-19-21(15,16)18-8-7-13(2,3)4/h11H,6-10H2,1-5H3/p+1. The highest BCUT2D eigenvalue weighted by molar-refractivity contribution is 7.47. The van der Waals surface area contributed by atoms with Crippen LogP contribution in [0.2, 0.25) is 0 Å². The van der Waals surface area contributed by atoms with Crippen molar-refractivity contribution < 1.29 is 37.3 Å². The molecular formula is C12H27NO7P+. The van der Waals surface area contributed by atoms with E-state index in [0.717, 1.165) is 0 Å². The van der Waals surface area contributed by atoms with Crippen molar-refractivity contribution in [3.63, 3.8) is 0 Å². The van der Waals surface area contributed by atoms with Crippen molar-refractivity contribution in [1.82, 2.24) is 0 Å². The van der Waals surface area contributed by atoms with E-state index in [1.807, 2.05) is 21.1 Å². The van der Waals surface area contributed by atoms with Crippen LogP contribution in [0, 0.1) is 0 Å². The Morgan fingerprint density at radius 1 is 1.24 bits per heavy atom. The molecule has 2 unspecified atom stereocenters. The number of carbonyl (C=O) groups excluding carboxylic acids is 1. The fourth-order valence-corrected chi connectivity index (χ4v) is 1.96. The van der Waals surface area contributed by atoms with Crippen LogP contribution in [0.5, 0.6) is 0 Å². The average Bonchev–Trinajstić information content (AvgIpc) is 2.34. The Morgan fingerprint density at radius 3 is 2.33 bits per heavy atom. The number of nitrogens with zero attached hydrogens (tertiary/aromatic N) is 1. The number of phosphoric ester groups is 1. The third-order valence-corrected chi connectivity index (χ3v) is 3.36. The van der Waals surface area contributed by atoms with Crippen LogP contribution in [-0.4, -0.2) is 76.1 Å². The van der Waals surface area contributed by atoms with Crippen molar-refractivity contribution >= 4 is 13.8 Å². The minimum atomic E-state index is -4.16. The molecule has 0 saturated heterocycles. The van der Waals surface area contributed by atoms with Crippen LogP contribution in [-0.2, 0) is 27.9 Å². The van der Waals surface area contributed by atoms with Crippen LogP contribution in [0.4, 0.5) is 0 Å². The summed E-state index contributed by atoms with van der Waals surface area (Å²) in [4.78, 5) is 20.7. The molecule has 21 heavy (non-hydrogen) atoms. The number of hydrogen-bond acceptors (Lipinski definition) is 6. The molecule has 126 valence electrons. The summed E-state index contributed by atoms with van der Waals surface area (Å²) in [6.07, 6.45) is -0.540. The quantitative estimate of drug-likeness (QED) is 0.341. The van der Waals surface area contributed by atoms with Crippen LogP contribution in [0.25, 0.3) is 0 Å². The van der Waals surface area contributed by atoms with Gasteiger partial charge in [0, 0.05) is 13.5 Å². The molecule has 0 rings (SSSR count). The summed E-state index contributed by atoms with van der Waals surface area (Å²) in [6, 6.07) is 0. The number of carbonyl (C=O) groups is 1. The number of phosphoric acid groups is 1. The molecule has 1 N–H and O–H groups in total. The van der Waals surface area contributed by atoms with Crippen LogP contribution < -0.4 is 0 Å². The number of esters is 1. The SMILES string of the molecule is CCC(=O)OC(COC)COP(=O)(O)OCC[N+](C)(C)C. The highest BCUT2D eigenvalue weighted by atomic mass is 31.2. The monoisotopic (exact) mass is 328 g/mol. The third-order valence-electron chi connectivity index (χ3n) is 2.38. The molecule has 0 fully saturated rings. The largest absolute Gasteiger partial charge is 0.472 e. The first-order valence-corrected chi connectivity index (χ1v) is 8.20. The maximum atomic E-state index is 11.7. The summed E-state index contributed by atoms with van der Waals surface area (Å²) in [5.41, 5.74) is 0. The van der Waals surface area contributed by atoms with Crippen LogP contribution in [0.1, 0.15) is 13.3 Å². The summed E-state index contributed by atoms with van der Waals surface area (Å²) in [7, 11) is 3.08. The van der Waals surface area contributed by atoms with Crippen LogP contribution in [0.3, 0.4) is 0 Å². The number of ether oxygens (including phenoxy) is 2. The molecule has 0 aromatic heterocycles. The van der Waals surface area contributed by atoms with Gasteiger partial charge in [-0.15, -0.1) is 0 Å². The van der Waals surface area contributed by atoms with Gasteiger partial charge in [-0.25, -0.2) is 4.57 Å². The number of rotatable bonds is 11. The highest BCUT2D eigenvalue weighted by Crippen LogP contribution is 2.43. The van der Waals surface area contributed by atoms with Crippen LogP contribution >= 0.6 is 7.82 Å². The second-order valence-corrected chi connectivity index (χ2v) is 6.99. The summed E-state index contributed by atoms with van der Waals surface area (Å²) < 4.78 is 31.9. The van der Waals surface area contributed by atoms with E-state index in [1.54, 1.807) is 6.92 Å². The van der Waals surface area contributed by atoms with Crippen molar-refractivity contribution in [1.29, 1.82) is 0 Å². The van der Waals surface area contributed by atoms with E-state index in [-0.39, 0.29) is 26.2 Å². The van der Waals surface area contributed by atoms with Crippen LogP contribution in [0.15, 0.2) is 0 Å². The van der Waals surface area contributed by atoms with Crippen molar-refractivity contribution in [2.24, 2.45) is 0 Å². The van der Waals surface area contributed by atoms with Gasteiger partial charge in [0.2, 0.25) is 0 Å². The maximum Gasteiger partial charge on any atom is 0.472 e. The molecular weight excluding hydrogens is 301 g/mol. The topological polar surface area (TPSA) is 91.3 Å². The van der Waals surface area contributed by atoms with Gasteiger partial charge in [-0.1, -0.05) is 6.92 Å². The van der Waals surface area contributed by atoms with E-state index in [9.17, 15) is 14.3 Å². The molecule has 0 amide bonds. The third kappa shape index (κ3) is 11.8. The predicted octanol–water partition coefficient (Wildman–Crippen LogP) is 0.794. The summed E-state index contributed by atoms with van der Waals surface area (Å²) in [6.45, 7) is 2.10. The van der Waals surface area contributed by atoms with Gasteiger partial charge in [-0.3, -0.25) is 13.8 Å². The highest BCUT2D eigenvalue weighted by Gasteiger charge is 2.25. The summed E-state index contributed by atoms with van der Waals surface area (Å²) in [5.74, 6) is -0.431. The van der Waals surface area contributed by atoms with Gasteiger partial charge in [0.1, 0.15) is 19.3 Å². The molecule has 0 heterocycles. The lowest BCUT2D eigenvalue weighted by atomic mass is 10.4. The molecule has 0 aliphatic rings. The molecule has 9 heteroatoms. The predicted molar refractivity (Wildman–Crippen MR) is 76.7 cm³/mol. The molecule has 0 radical (unpaired) electrons. The first-order valence-electron chi connectivity index (χ1n) is 6.70. The Labute approximate surface area is 126 Å². The lowest BCUT2D eigenvalue weighted by Gasteiger charge is -2.24. The maximum absolute atomic E-state index is 11.7. The molecule has 0 spiro atoms. The Morgan fingerprint density at radius 2 is 1.86 bits per heavy atom. The number of quaternary nitrogens is 1. The van der Waals surface area contributed by atoms with Gasteiger partial charge in [0.05, 0.1) is 34.4 Å². The minimum absolute atomic E-state index is 0.0740. The zero-order chi connectivity index (χ0) is 16.5. The van der Waals surface area contributed by atoms with E-state index < -0.39 is 19.9 Å². The fraction of sp³-hybridized carbons (Fsp3) is 0.917. The van der Waals surface area contributed by atoms with Crippen molar-refractivity contribution in [3.8, 4) is 0 Å². The second-order valence-electron chi connectivity index (χ2n) is 5.53. The smallest absolute Gasteiger partial charge is 0.457 e. The molecule has 8 nitrogen and oxygen atoms in total. The van der Waals surface area contributed by atoms with Gasteiger partial charge in [-0.05, 0) is 0 Å². The fourth-order valence-electron chi connectivity index (χ4n) is 1.22. The average molecular weight is 328 g/mol. The Balaban J connectivity index is 4.23. The Kier molecular flexibility index (Phi) is 9.28. The van der Waals surface area contributed by atoms with E-state index >= 15 is 0 Å². The van der Waals surface area contributed by atoms with E-state index in [1.165, 1.54) is 7.11 Å². The molecule has 0 saturated carbocycles. The van der Waals surface area contributed by atoms with E-state index in [2.05, 4.69) is 0 Å². The van der Waals surface area contributed by atoms with Gasteiger partial charge < -0.3 is 18.9 Å². The molecule has 0 aliphatic carbocycles. The minimum Gasteiger partial charge on any atom is -0.457 e. The first kappa shape index (κ1) is 20.5. The van der Waals surface area contributed by atoms with Crippen molar-refractivity contribution in [2.75, 3.05) is 54.6 Å². The molecule has 0 aromatic carbocycles. The first-order chi connectivity index (χ1) is 9.59. The van der Waals surface area contributed by atoms with Gasteiger partial charge in [0.15, 0.2) is 0 Å². The summed E-state index contributed by atoms with van der Waals surface area (Å²) in [5, 5.41) is 0. The number of methoxy groups -OCH3 is 1. The second kappa shape index (κ2) is 9.50. The normalized spacial score (nSPS) is 16.3. The van der Waals surface area contributed by atoms with Gasteiger partial charge >= 0.3 is 13.8 Å². The zero-order valence-electron chi connectivity index (χ0n) is 13.4. The lowest BCUT2D eigenvalue weighted by Crippen LogP contribution is -2.37.